The van der Waals surface area contributed by atoms with Crippen molar-refractivity contribution in [3.05, 3.63) is 0 Å². The van der Waals surface area contributed by atoms with Gasteiger partial charge in [0.1, 0.15) is 5.78 Å². The molecule has 9 heavy (non-hydrogen) atoms. The van der Waals surface area contributed by atoms with Crippen molar-refractivity contribution in [2.45, 2.75) is 19.3 Å². The average Bonchev–Trinajstić information content (AvgIpc) is 2.14. The largest absolute Gasteiger partial charge is 3.00 e. The molecule has 1 atom stereocenters. The number of Topliss-reactive ketones (excluding diaryl/α,β-unsaturated/α-hetero) is 1. The summed E-state index contributed by atoms with van der Waals surface area (Å²) >= 11 is 0. The molecule has 0 saturated heterocycles. The molecule has 0 bridgehead atoms. The minimum atomic E-state index is -0.380. The molecule has 1 unspecified atom stereocenters. The number of rotatable bonds is 1. The molecule has 1 fully saturated rings. The topological polar surface area (TPSA) is 34.1 Å². The monoisotopic (exact) mass is 200 g/mol. The first-order valence-electron chi connectivity index (χ1n) is 2.75. The van der Waals surface area contributed by atoms with Crippen LogP contribution < -0.4 is 0 Å². The first kappa shape index (κ1) is 9.44. The molecule has 0 spiro atoms. The number of carbonyl (C=O) groups is 1. The third-order valence-corrected chi connectivity index (χ3v) is 1.45. The average molecular weight is 200 g/mol. The summed E-state index contributed by atoms with van der Waals surface area (Å²) in [5.74, 6) is -0.310. The van der Waals surface area contributed by atoms with Gasteiger partial charge in [-0.1, -0.05) is 12.3 Å². The van der Waals surface area contributed by atoms with Gasteiger partial charge in [-0.05, 0) is 6.42 Å². The van der Waals surface area contributed by atoms with Crippen molar-refractivity contribution in [2.75, 3.05) is 0 Å². The molecule has 0 radical (unpaired) electrons. The molecule has 0 aliphatic heterocycles. The Kier molecular flexibility index (Phi) is 4.50. The van der Waals surface area contributed by atoms with E-state index in [2.05, 4.69) is 0 Å². The van der Waals surface area contributed by atoms with E-state index in [9.17, 15) is 9.59 Å². The van der Waals surface area contributed by atoms with Crippen LogP contribution in [0.2, 0.25) is 0 Å². The summed E-state index contributed by atoms with van der Waals surface area (Å²) in [6.07, 6.45) is 3.90. The van der Waals surface area contributed by atoms with Crippen molar-refractivity contribution in [1.29, 1.82) is 0 Å². The fourth-order valence-electron chi connectivity index (χ4n) is 0.940. The number of hydrogen-bond acceptors (Lipinski definition) is 2. The van der Waals surface area contributed by atoms with Crippen LogP contribution in [0.4, 0.5) is 0 Å². The fraction of sp³-hybridized carbons (Fsp3) is 0.667. The minimum absolute atomic E-state index is 0. The van der Waals surface area contributed by atoms with Gasteiger partial charge in [0.2, 0.25) is 0 Å². The number of carbonyl (C=O) groups excluding carboxylic acids is 2. The van der Waals surface area contributed by atoms with E-state index in [0.717, 1.165) is 12.8 Å². The van der Waals surface area contributed by atoms with Crippen LogP contribution in [0.5, 0.6) is 0 Å². The first-order chi connectivity index (χ1) is 3.84. The van der Waals surface area contributed by atoms with Crippen molar-refractivity contribution in [2.24, 2.45) is 5.92 Å². The summed E-state index contributed by atoms with van der Waals surface area (Å²) in [7, 11) is 0. The van der Waals surface area contributed by atoms with Crippen molar-refractivity contribution in [1.82, 2.24) is 0 Å². The SMILES string of the molecule is O=[C-]C1CCCC1=O.[Y+3]. The van der Waals surface area contributed by atoms with Gasteiger partial charge < -0.3 is 9.59 Å². The number of ketones is 1. The molecule has 44 valence electrons. The summed E-state index contributed by atoms with van der Waals surface area (Å²) in [6.45, 7) is 0. The second-order valence-corrected chi connectivity index (χ2v) is 2.03. The Hall–Kier alpha value is 0.444. The van der Waals surface area contributed by atoms with Gasteiger partial charge in [0.05, 0.1) is 0 Å². The molecule has 0 amide bonds. The van der Waals surface area contributed by atoms with Gasteiger partial charge in [0.15, 0.2) is 0 Å². The molecular formula is C6H7O2Y+2. The number of hydrogen-bond donors (Lipinski definition) is 0. The Labute approximate surface area is 79.3 Å². The van der Waals surface area contributed by atoms with Crippen molar-refractivity contribution in [3.63, 3.8) is 0 Å². The molecular weight excluding hydrogens is 193 g/mol. The quantitative estimate of drug-likeness (QED) is 0.455. The Balaban J connectivity index is 0.000000640. The predicted octanol–water partition coefficient (Wildman–Crippen LogP) is 0.463. The van der Waals surface area contributed by atoms with E-state index in [-0.39, 0.29) is 44.4 Å². The van der Waals surface area contributed by atoms with Crippen molar-refractivity contribution < 1.29 is 42.3 Å². The molecule has 2 nitrogen and oxygen atoms in total. The van der Waals surface area contributed by atoms with E-state index in [4.69, 9.17) is 0 Å². The molecule has 0 aromatic rings. The van der Waals surface area contributed by atoms with Crippen LogP contribution in [-0.2, 0) is 42.3 Å². The maximum absolute atomic E-state index is 10.5. The second kappa shape index (κ2) is 4.29. The van der Waals surface area contributed by atoms with Gasteiger partial charge in [0.25, 0.3) is 0 Å². The molecule has 0 aromatic heterocycles. The third-order valence-electron chi connectivity index (χ3n) is 1.45. The summed E-state index contributed by atoms with van der Waals surface area (Å²) < 4.78 is 0. The van der Waals surface area contributed by atoms with Crippen LogP contribution in [0, 0.1) is 5.92 Å². The Morgan fingerprint density at radius 3 is 2.44 bits per heavy atom. The first-order valence-corrected chi connectivity index (χ1v) is 2.75. The van der Waals surface area contributed by atoms with Gasteiger partial charge in [-0.25, -0.2) is 0 Å². The molecule has 1 saturated carbocycles. The Bertz CT molecular complexity index is 122. The maximum atomic E-state index is 10.5. The van der Waals surface area contributed by atoms with Crippen LogP contribution >= 0.6 is 0 Å². The van der Waals surface area contributed by atoms with Gasteiger partial charge in [-0.15, -0.1) is 0 Å². The molecule has 1 aliphatic carbocycles. The van der Waals surface area contributed by atoms with E-state index in [1.165, 1.54) is 0 Å². The molecule has 0 heterocycles. The normalized spacial score (nSPS) is 25.3. The fourth-order valence-corrected chi connectivity index (χ4v) is 0.940. The third kappa shape index (κ3) is 2.26. The standard InChI is InChI=1S/C6H7O2.Y/c7-4-5-2-1-3-6(5)8;/h5H,1-3H2;/q-1;+3. The van der Waals surface area contributed by atoms with Crippen LogP contribution in [0.15, 0.2) is 0 Å². The van der Waals surface area contributed by atoms with E-state index >= 15 is 0 Å². The zero-order chi connectivity index (χ0) is 5.98. The molecule has 1 rings (SSSR count). The van der Waals surface area contributed by atoms with E-state index in [1.807, 2.05) is 0 Å². The van der Waals surface area contributed by atoms with Crippen LogP contribution in [0.1, 0.15) is 19.3 Å². The summed E-state index contributed by atoms with van der Waals surface area (Å²) in [5, 5.41) is 0. The summed E-state index contributed by atoms with van der Waals surface area (Å²) in [4.78, 5) is 20.4. The molecule has 1 aliphatic rings. The van der Waals surface area contributed by atoms with Gasteiger partial charge in [-0.2, -0.15) is 0 Å². The van der Waals surface area contributed by atoms with Gasteiger partial charge in [-0.3, -0.25) is 6.29 Å². The van der Waals surface area contributed by atoms with E-state index in [1.54, 1.807) is 6.29 Å². The Morgan fingerprint density at radius 2 is 2.22 bits per heavy atom. The zero-order valence-corrected chi connectivity index (χ0v) is 7.93. The maximum Gasteiger partial charge on any atom is 3.00 e. The van der Waals surface area contributed by atoms with Gasteiger partial charge >= 0.3 is 32.7 Å². The van der Waals surface area contributed by atoms with Gasteiger partial charge in [0, 0.05) is 6.42 Å². The predicted molar refractivity (Wildman–Crippen MR) is 28.0 cm³/mol. The molecule has 0 aromatic carbocycles. The molecule has 3 heteroatoms. The Morgan fingerprint density at radius 1 is 1.56 bits per heavy atom. The summed E-state index contributed by atoms with van der Waals surface area (Å²) in [5.41, 5.74) is 0. The van der Waals surface area contributed by atoms with Crippen LogP contribution in [0.3, 0.4) is 0 Å². The van der Waals surface area contributed by atoms with E-state index in [0.29, 0.717) is 6.42 Å². The second-order valence-electron chi connectivity index (χ2n) is 2.03. The smallest absolute Gasteiger partial charge is 0.541 e. The van der Waals surface area contributed by atoms with E-state index < -0.39 is 0 Å². The van der Waals surface area contributed by atoms with Crippen molar-refractivity contribution >= 4 is 12.1 Å². The zero-order valence-electron chi connectivity index (χ0n) is 5.09. The van der Waals surface area contributed by atoms with Crippen LogP contribution in [-0.4, -0.2) is 12.1 Å². The van der Waals surface area contributed by atoms with Crippen LogP contribution in [0.25, 0.3) is 0 Å². The summed E-state index contributed by atoms with van der Waals surface area (Å²) in [6, 6.07) is 0. The van der Waals surface area contributed by atoms with Crippen molar-refractivity contribution in [3.8, 4) is 0 Å². The minimum Gasteiger partial charge on any atom is -0.541 e. The molecule has 0 N–H and O–H groups in total.